The van der Waals surface area contributed by atoms with Crippen LogP contribution in [0.2, 0.25) is 0 Å². The third-order valence-electron chi connectivity index (χ3n) is 7.96. The Bertz CT molecular complexity index is 2680. The molecule has 0 radical (unpaired) electrons. The van der Waals surface area contributed by atoms with E-state index in [1.54, 1.807) is 41.0 Å². The van der Waals surface area contributed by atoms with Crippen LogP contribution in [0.5, 0.6) is 0 Å². The van der Waals surface area contributed by atoms with Crippen molar-refractivity contribution in [2.75, 3.05) is 0 Å². The first-order valence-electron chi connectivity index (χ1n) is 19.0. The molecule has 0 unspecified atom stereocenters. The van der Waals surface area contributed by atoms with Crippen molar-refractivity contribution < 1.29 is 13.7 Å². The van der Waals surface area contributed by atoms with Crippen LogP contribution in [0.4, 0.5) is 0 Å². The molecule has 0 aliphatic rings. The highest BCUT2D eigenvalue weighted by molar-refractivity contribution is 6.22. The van der Waals surface area contributed by atoms with Crippen molar-refractivity contribution in [1.82, 2.24) is 9.55 Å². The SMILES string of the molecule is [2H]c1c([2H])c([2H])c(-c2ccccc2-c2c3ccccc3c(-c3cccc(-n4c(C([2H])([2H])C([2H])([2H])[2H])nc5ccccc54)c3)c3ccccc23)c([2H])c1[2H]. The van der Waals surface area contributed by atoms with Gasteiger partial charge in [0.15, 0.2) is 0 Å². The van der Waals surface area contributed by atoms with Gasteiger partial charge in [-0.3, -0.25) is 4.57 Å². The second-order valence-electron chi connectivity index (χ2n) is 10.3. The van der Waals surface area contributed by atoms with Crippen LogP contribution in [0, 0.1) is 0 Å². The van der Waals surface area contributed by atoms with E-state index in [-0.39, 0.29) is 23.5 Å². The first-order chi connectivity index (χ1) is 25.3. The van der Waals surface area contributed by atoms with Crippen molar-refractivity contribution in [2.45, 2.75) is 13.2 Å². The number of aryl methyl sites for hydroxylation is 1. The molecule has 0 atom stereocenters. The molecule has 204 valence electrons. The molecular weight excluding hydrogens is 520 g/mol. The molecule has 2 heteroatoms. The Morgan fingerprint density at radius 2 is 1.26 bits per heavy atom. The monoisotopic (exact) mass is 560 g/mol. The predicted molar refractivity (Wildman–Crippen MR) is 182 cm³/mol. The van der Waals surface area contributed by atoms with Gasteiger partial charge in [0.1, 0.15) is 5.82 Å². The summed E-state index contributed by atoms with van der Waals surface area (Å²) >= 11 is 0. The van der Waals surface area contributed by atoms with Gasteiger partial charge >= 0.3 is 0 Å². The number of imidazole rings is 1. The Balaban J connectivity index is 1.42. The van der Waals surface area contributed by atoms with E-state index in [0.29, 0.717) is 27.8 Å². The number of nitrogens with zero attached hydrogens (tertiary/aromatic N) is 2. The summed E-state index contributed by atoms with van der Waals surface area (Å²) in [6.07, 6.45) is -2.75. The lowest BCUT2D eigenvalue weighted by Crippen LogP contribution is -2.00. The smallest absolute Gasteiger partial charge is 0.114 e. The normalized spacial score (nSPS) is 15.4. The second kappa shape index (κ2) is 10.4. The summed E-state index contributed by atoms with van der Waals surface area (Å²) in [6, 6.07) is 36.1. The second-order valence-corrected chi connectivity index (χ2v) is 10.3. The summed E-state index contributed by atoms with van der Waals surface area (Å²) in [5.41, 5.74) is 5.47. The maximum absolute atomic E-state index is 8.79. The molecular formula is C41H30N2. The summed E-state index contributed by atoms with van der Waals surface area (Å²) < 4.78 is 85.5. The van der Waals surface area contributed by atoms with Crippen molar-refractivity contribution in [1.29, 1.82) is 0 Å². The van der Waals surface area contributed by atoms with Crippen LogP contribution in [0.15, 0.2) is 152 Å². The zero-order valence-corrected chi connectivity index (χ0v) is 22.9. The first kappa shape index (κ1) is 16.8. The lowest BCUT2D eigenvalue weighted by Gasteiger charge is -2.20. The molecule has 0 bridgehead atoms. The third-order valence-corrected chi connectivity index (χ3v) is 7.96. The largest absolute Gasteiger partial charge is 0.296 e. The average Bonchev–Trinajstić information content (AvgIpc) is 3.56. The molecule has 0 saturated carbocycles. The average molecular weight is 561 g/mol. The molecule has 0 amide bonds. The quantitative estimate of drug-likeness (QED) is 0.191. The summed E-state index contributed by atoms with van der Waals surface area (Å²) in [4.78, 5) is 4.50. The molecule has 1 aromatic heterocycles. The molecule has 8 rings (SSSR count). The summed E-state index contributed by atoms with van der Waals surface area (Å²) in [7, 11) is 0. The summed E-state index contributed by atoms with van der Waals surface area (Å²) in [6.45, 7) is -2.97. The minimum absolute atomic E-state index is 0.122. The van der Waals surface area contributed by atoms with Gasteiger partial charge in [-0.1, -0.05) is 134 Å². The van der Waals surface area contributed by atoms with E-state index in [1.807, 2.05) is 84.9 Å². The van der Waals surface area contributed by atoms with Crippen LogP contribution in [0.1, 0.15) is 26.4 Å². The Labute approximate surface area is 265 Å². The number of fused-ring (bicyclic) bond motifs is 3. The Morgan fingerprint density at radius 1 is 0.628 bits per heavy atom. The Kier molecular flexibility index (Phi) is 4.08. The molecule has 43 heavy (non-hydrogen) atoms. The van der Waals surface area contributed by atoms with E-state index in [0.717, 1.165) is 38.2 Å². The van der Waals surface area contributed by atoms with Gasteiger partial charge in [0, 0.05) is 18.9 Å². The summed E-state index contributed by atoms with van der Waals surface area (Å²) in [5, 5.41) is 3.53. The van der Waals surface area contributed by atoms with Crippen LogP contribution >= 0.6 is 0 Å². The third kappa shape index (κ3) is 4.14. The molecule has 8 aromatic rings. The van der Waals surface area contributed by atoms with Crippen LogP contribution in [0.3, 0.4) is 0 Å². The van der Waals surface area contributed by atoms with Gasteiger partial charge in [0.2, 0.25) is 0 Å². The molecule has 0 spiro atoms. The maximum atomic E-state index is 8.79. The lowest BCUT2D eigenvalue weighted by atomic mass is 9.84. The van der Waals surface area contributed by atoms with Crippen molar-refractivity contribution in [3.05, 3.63) is 157 Å². The minimum Gasteiger partial charge on any atom is -0.296 e. The number of rotatable bonds is 5. The number of hydrogen-bond acceptors (Lipinski definition) is 1. The maximum Gasteiger partial charge on any atom is 0.114 e. The fourth-order valence-electron chi connectivity index (χ4n) is 6.21. The van der Waals surface area contributed by atoms with E-state index in [4.69, 9.17) is 13.7 Å². The van der Waals surface area contributed by atoms with E-state index in [1.165, 1.54) is 0 Å². The van der Waals surface area contributed by atoms with Crippen LogP contribution in [0.25, 0.3) is 71.6 Å². The van der Waals surface area contributed by atoms with Gasteiger partial charge in [0.25, 0.3) is 0 Å². The van der Waals surface area contributed by atoms with Crippen LogP contribution in [-0.2, 0) is 6.37 Å². The van der Waals surface area contributed by atoms with Gasteiger partial charge in [-0.25, -0.2) is 4.98 Å². The summed E-state index contributed by atoms with van der Waals surface area (Å²) in [5.74, 6) is -0.217. The number of para-hydroxylation sites is 2. The van der Waals surface area contributed by atoms with Crippen LogP contribution < -0.4 is 0 Å². The van der Waals surface area contributed by atoms with Gasteiger partial charge in [-0.15, -0.1) is 0 Å². The fraction of sp³-hybridized carbons (Fsp3) is 0.0488. The van der Waals surface area contributed by atoms with Gasteiger partial charge < -0.3 is 0 Å². The van der Waals surface area contributed by atoms with E-state index in [9.17, 15) is 0 Å². The molecule has 1 heterocycles. The molecule has 0 aliphatic heterocycles. The van der Waals surface area contributed by atoms with Crippen molar-refractivity contribution in [3.63, 3.8) is 0 Å². The standard InChI is InChI=1S/C41H30N2/c1-2-39-42-37-25-12-13-26-38(37)43(39)30-18-14-17-29(27-30)40-33-21-8-10-23-35(33)41(36-24-11-9-22-34(36)40)32-20-7-6-19-31(32)28-15-4-3-5-16-28/h3-27H,2H2,1H3/i1D3,2D2,3D,4D,5D,15D,16D. The first-order valence-corrected chi connectivity index (χ1v) is 14.0. The Morgan fingerprint density at radius 3 is 1.98 bits per heavy atom. The topological polar surface area (TPSA) is 17.8 Å². The fourth-order valence-corrected chi connectivity index (χ4v) is 6.21. The predicted octanol–water partition coefficient (Wildman–Crippen LogP) is 10.9. The van der Waals surface area contributed by atoms with E-state index >= 15 is 0 Å². The Hall–Kier alpha value is -5.47. The van der Waals surface area contributed by atoms with Crippen LogP contribution in [-0.4, -0.2) is 9.55 Å². The zero-order valence-electron chi connectivity index (χ0n) is 32.9. The number of benzene rings is 7. The highest BCUT2D eigenvalue weighted by Crippen LogP contribution is 2.46. The van der Waals surface area contributed by atoms with Crippen molar-refractivity contribution in [3.8, 4) is 39.1 Å². The lowest BCUT2D eigenvalue weighted by molar-refractivity contribution is 0.908. The zero-order chi connectivity index (χ0) is 37.4. The van der Waals surface area contributed by atoms with Gasteiger partial charge in [-0.2, -0.15) is 0 Å². The molecule has 0 saturated heterocycles. The van der Waals surface area contributed by atoms with E-state index < -0.39 is 31.4 Å². The molecule has 7 aromatic carbocycles. The van der Waals surface area contributed by atoms with Crippen molar-refractivity contribution >= 4 is 32.6 Å². The number of aromatic nitrogens is 2. The van der Waals surface area contributed by atoms with Gasteiger partial charge in [-0.05, 0) is 79.2 Å². The minimum atomic E-state index is -2.97. The molecule has 0 N–H and O–H groups in total. The number of hydrogen-bond donors (Lipinski definition) is 0. The molecule has 0 aliphatic carbocycles. The van der Waals surface area contributed by atoms with E-state index in [2.05, 4.69) is 4.98 Å². The molecule has 0 fully saturated rings. The van der Waals surface area contributed by atoms with Gasteiger partial charge in [0.05, 0.1) is 17.9 Å². The highest BCUT2D eigenvalue weighted by Gasteiger charge is 2.19. The highest BCUT2D eigenvalue weighted by atomic mass is 15.1. The van der Waals surface area contributed by atoms with Crippen molar-refractivity contribution in [2.24, 2.45) is 0 Å². The molecule has 2 nitrogen and oxygen atoms in total.